The molecule has 1 aromatic rings. The second-order valence-electron chi connectivity index (χ2n) is 3.71. The van der Waals surface area contributed by atoms with Crippen LogP contribution >= 0.6 is 0 Å². The van der Waals surface area contributed by atoms with Gasteiger partial charge in [0.15, 0.2) is 0 Å². The third-order valence-corrected chi connectivity index (χ3v) is 2.25. The van der Waals surface area contributed by atoms with Crippen LogP contribution in [-0.2, 0) is 9.47 Å². The molecule has 0 aliphatic heterocycles. The van der Waals surface area contributed by atoms with Crippen LogP contribution in [0.1, 0.15) is 5.56 Å². The lowest BCUT2D eigenvalue weighted by Gasteiger charge is -2.08. The summed E-state index contributed by atoms with van der Waals surface area (Å²) in [5.41, 5.74) is 1.38. The summed E-state index contributed by atoms with van der Waals surface area (Å²) in [7, 11) is 1.61. The highest BCUT2D eigenvalue weighted by molar-refractivity contribution is 5.89. The maximum absolute atomic E-state index is 11.5. The largest absolute Gasteiger partial charge is 0.382 e. The van der Waals surface area contributed by atoms with E-state index in [1.165, 1.54) is 0 Å². The van der Waals surface area contributed by atoms with Gasteiger partial charge < -0.3 is 20.1 Å². The molecule has 0 spiro atoms. The van der Waals surface area contributed by atoms with Crippen molar-refractivity contribution in [3.63, 3.8) is 0 Å². The summed E-state index contributed by atoms with van der Waals surface area (Å²) in [6.45, 7) is 1.95. The van der Waals surface area contributed by atoms with E-state index in [0.717, 1.165) is 5.56 Å². The molecule has 0 aliphatic carbocycles. The zero-order valence-electron chi connectivity index (χ0n) is 10.9. The van der Waals surface area contributed by atoms with Gasteiger partial charge in [0.1, 0.15) is 0 Å². The first-order chi connectivity index (χ1) is 9.26. The number of carbonyl (C=O) groups is 1. The van der Waals surface area contributed by atoms with Gasteiger partial charge in [-0.3, -0.25) is 0 Å². The average molecular weight is 262 g/mol. The first-order valence-electron chi connectivity index (χ1n) is 5.94. The fourth-order valence-corrected chi connectivity index (χ4v) is 1.34. The van der Waals surface area contributed by atoms with Crippen LogP contribution in [0.25, 0.3) is 0 Å². The van der Waals surface area contributed by atoms with Gasteiger partial charge in [-0.1, -0.05) is 12.0 Å². The fourth-order valence-electron chi connectivity index (χ4n) is 1.34. The van der Waals surface area contributed by atoms with Gasteiger partial charge >= 0.3 is 6.03 Å². The van der Waals surface area contributed by atoms with Crippen molar-refractivity contribution in [3.8, 4) is 12.3 Å². The maximum atomic E-state index is 11.5. The lowest BCUT2D eigenvalue weighted by Crippen LogP contribution is -2.31. The van der Waals surface area contributed by atoms with Crippen molar-refractivity contribution in [1.29, 1.82) is 0 Å². The first kappa shape index (κ1) is 15.0. The van der Waals surface area contributed by atoms with Crippen LogP contribution in [0, 0.1) is 12.3 Å². The number of nitrogens with one attached hydrogen (secondary N) is 2. The molecule has 1 aromatic carbocycles. The molecule has 0 aliphatic rings. The Morgan fingerprint density at radius 2 is 2.21 bits per heavy atom. The fraction of sp³-hybridized carbons (Fsp3) is 0.357. The SMILES string of the molecule is C#Cc1cccc(NC(=O)NCCOCCOC)c1. The van der Waals surface area contributed by atoms with E-state index in [1.807, 2.05) is 0 Å². The minimum absolute atomic E-state index is 0.287. The van der Waals surface area contributed by atoms with Crippen molar-refractivity contribution in [2.75, 3.05) is 38.8 Å². The van der Waals surface area contributed by atoms with Gasteiger partial charge in [0.2, 0.25) is 0 Å². The number of rotatable bonds is 7. The smallest absolute Gasteiger partial charge is 0.319 e. The highest BCUT2D eigenvalue weighted by Crippen LogP contribution is 2.09. The molecule has 0 fully saturated rings. The Morgan fingerprint density at radius 1 is 1.37 bits per heavy atom. The normalized spacial score (nSPS) is 9.68. The van der Waals surface area contributed by atoms with Gasteiger partial charge in [0.05, 0.1) is 19.8 Å². The molecule has 5 heteroatoms. The second kappa shape index (κ2) is 8.97. The van der Waals surface area contributed by atoms with Gasteiger partial charge in [-0.05, 0) is 18.2 Å². The van der Waals surface area contributed by atoms with E-state index < -0.39 is 0 Å². The Labute approximate surface area is 113 Å². The predicted octanol–water partition coefficient (Wildman–Crippen LogP) is 1.45. The van der Waals surface area contributed by atoms with Crippen LogP contribution in [-0.4, -0.2) is 39.5 Å². The van der Waals surface area contributed by atoms with E-state index in [2.05, 4.69) is 16.6 Å². The average Bonchev–Trinajstić information content (AvgIpc) is 2.43. The summed E-state index contributed by atoms with van der Waals surface area (Å²) in [4.78, 5) is 11.5. The Morgan fingerprint density at radius 3 is 2.95 bits per heavy atom. The highest BCUT2D eigenvalue weighted by Gasteiger charge is 2.01. The van der Waals surface area contributed by atoms with Crippen molar-refractivity contribution in [2.45, 2.75) is 0 Å². The number of benzene rings is 1. The Kier molecular flexibility index (Phi) is 7.10. The van der Waals surface area contributed by atoms with Crippen LogP contribution in [0.5, 0.6) is 0 Å². The van der Waals surface area contributed by atoms with Crippen LogP contribution in [0.2, 0.25) is 0 Å². The van der Waals surface area contributed by atoms with Crippen molar-refractivity contribution in [2.24, 2.45) is 0 Å². The van der Waals surface area contributed by atoms with Gasteiger partial charge in [-0.15, -0.1) is 6.42 Å². The van der Waals surface area contributed by atoms with Crippen LogP contribution in [0.3, 0.4) is 0 Å². The number of ether oxygens (including phenoxy) is 2. The van der Waals surface area contributed by atoms with Gasteiger partial charge in [0.25, 0.3) is 0 Å². The molecule has 102 valence electrons. The lowest BCUT2D eigenvalue weighted by molar-refractivity contribution is 0.0728. The Balaban J connectivity index is 2.22. The molecular formula is C14H18N2O3. The van der Waals surface area contributed by atoms with E-state index in [9.17, 15) is 4.79 Å². The molecule has 1 rings (SSSR count). The lowest BCUT2D eigenvalue weighted by atomic mass is 10.2. The molecule has 0 radical (unpaired) electrons. The minimum Gasteiger partial charge on any atom is -0.382 e. The number of terminal acetylenes is 1. The highest BCUT2D eigenvalue weighted by atomic mass is 16.5. The quantitative estimate of drug-likeness (QED) is 0.577. The van der Waals surface area contributed by atoms with E-state index >= 15 is 0 Å². The summed E-state index contributed by atoms with van der Waals surface area (Å²) in [5, 5.41) is 5.37. The molecular weight excluding hydrogens is 244 g/mol. The van der Waals surface area contributed by atoms with E-state index in [4.69, 9.17) is 15.9 Å². The first-order valence-corrected chi connectivity index (χ1v) is 5.94. The number of amides is 2. The summed E-state index contributed by atoms with van der Waals surface area (Å²) < 4.78 is 10.0. The van der Waals surface area contributed by atoms with Crippen LogP contribution in [0.4, 0.5) is 10.5 Å². The molecule has 0 unspecified atom stereocenters. The third kappa shape index (κ3) is 6.46. The topological polar surface area (TPSA) is 59.6 Å². The van der Waals surface area contributed by atoms with Crippen molar-refractivity contribution >= 4 is 11.7 Å². The van der Waals surface area contributed by atoms with Crippen molar-refractivity contribution in [3.05, 3.63) is 29.8 Å². The molecule has 0 aromatic heterocycles. The van der Waals surface area contributed by atoms with Crippen molar-refractivity contribution in [1.82, 2.24) is 5.32 Å². The molecule has 0 bridgehead atoms. The number of hydrogen-bond donors (Lipinski definition) is 2. The standard InChI is InChI=1S/C14H18N2O3/c1-3-12-5-4-6-13(11-12)16-14(17)15-7-8-19-10-9-18-2/h1,4-6,11H,7-10H2,2H3,(H2,15,16,17). The number of carbonyl (C=O) groups excluding carboxylic acids is 1. The summed E-state index contributed by atoms with van der Waals surface area (Å²) >= 11 is 0. The molecule has 0 atom stereocenters. The number of urea groups is 1. The molecule has 0 saturated carbocycles. The molecule has 0 saturated heterocycles. The number of methoxy groups -OCH3 is 1. The minimum atomic E-state index is -0.287. The third-order valence-electron chi connectivity index (χ3n) is 2.25. The molecule has 2 amide bonds. The second-order valence-corrected chi connectivity index (χ2v) is 3.71. The molecule has 0 heterocycles. The summed E-state index contributed by atoms with van der Waals surface area (Å²) in [6.07, 6.45) is 5.28. The number of anilines is 1. The Hall–Kier alpha value is -2.03. The summed E-state index contributed by atoms with van der Waals surface area (Å²) in [5.74, 6) is 2.51. The maximum Gasteiger partial charge on any atom is 0.319 e. The van der Waals surface area contributed by atoms with E-state index in [-0.39, 0.29) is 6.03 Å². The van der Waals surface area contributed by atoms with Crippen molar-refractivity contribution < 1.29 is 14.3 Å². The van der Waals surface area contributed by atoms with Crippen LogP contribution < -0.4 is 10.6 Å². The van der Waals surface area contributed by atoms with Gasteiger partial charge in [0, 0.05) is 24.9 Å². The molecule has 19 heavy (non-hydrogen) atoms. The van der Waals surface area contributed by atoms with Gasteiger partial charge in [-0.2, -0.15) is 0 Å². The Bertz CT molecular complexity index is 441. The predicted molar refractivity (Wildman–Crippen MR) is 74.1 cm³/mol. The summed E-state index contributed by atoms with van der Waals surface area (Å²) in [6, 6.07) is 6.81. The van der Waals surface area contributed by atoms with E-state index in [0.29, 0.717) is 32.1 Å². The molecule has 2 N–H and O–H groups in total. The van der Waals surface area contributed by atoms with Gasteiger partial charge in [-0.25, -0.2) is 4.79 Å². The zero-order chi connectivity index (χ0) is 13.9. The monoisotopic (exact) mass is 262 g/mol. The molecule has 5 nitrogen and oxygen atoms in total. The van der Waals surface area contributed by atoms with Crippen LogP contribution in [0.15, 0.2) is 24.3 Å². The number of hydrogen-bond acceptors (Lipinski definition) is 3. The van der Waals surface area contributed by atoms with E-state index in [1.54, 1.807) is 31.4 Å². The zero-order valence-corrected chi connectivity index (χ0v) is 10.9.